The van der Waals surface area contributed by atoms with E-state index in [4.69, 9.17) is 4.42 Å². The molecule has 0 aliphatic carbocycles. The van der Waals surface area contributed by atoms with Crippen molar-refractivity contribution < 1.29 is 9.21 Å². The summed E-state index contributed by atoms with van der Waals surface area (Å²) in [4.78, 5) is 17.0. The average Bonchev–Trinajstić information content (AvgIpc) is 3.40. The Kier molecular flexibility index (Phi) is 5.51. The fourth-order valence-corrected chi connectivity index (χ4v) is 5.10. The van der Waals surface area contributed by atoms with Gasteiger partial charge in [0.1, 0.15) is 10.6 Å². The number of hydrogen-bond donors (Lipinski definition) is 1. The minimum atomic E-state index is -0.202. The fraction of sp³-hybridized carbons (Fsp3) is 0.222. The number of thioether (sulfide) groups is 1. The van der Waals surface area contributed by atoms with Gasteiger partial charge in [-0.3, -0.25) is 4.79 Å². The highest BCUT2D eigenvalue weighted by Gasteiger charge is 2.21. The lowest BCUT2D eigenvalue weighted by molar-refractivity contribution is 0.0927. The van der Waals surface area contributed by atoms with Crippen molar-refractivity contribution >= 4 is 51.3 Å². The van der Waals surface area contributed by atoms with Crippen molar-refractivity contribution in [1.82, 2.24) is 20.5 Å². The normalized spacial score (nSPS) is 11.1. The van der Waals surface area contributed by atoms with Gasteiger partial charge in [0.15, 0.2) is 10.1 Å². The van der Waals surface area contributed by atoms with Crippen molar-refractivity contribution in [2.24, 2.45) is 0 Å². The topological polar surface area (TPSA) is 80.9 Å². The van der Waals surface area contributed by atoms with E-state index < -0.39 is 0 Å². The molecule has 0 unspecified atom stereocenters. The van der Waals surface area contributed by atoms with E-state index in [-0.39, 0.29) is 5.91 Å². The molecule has 0 aliphatic rings. The minimum absolute atomic E-state index is 0.202. The first-order valence-electron chi connectivity index (χ1n) is 8.30. The molecule has 3 heterocycles. The number of nitrogens with one attached hydrogen (secondary N) is 1. The van der Waals surface area contributed by atoms with Gasteiger partial charge in [-0.05, 0) is 13.0 Å². The first-order chi connectivity index (χ1) is 13.2. The third kappa shape index (κ3) is 4.20. The number of fused-ring (bicyclic) bond motifs is 1. The first-order valence-corrected chi connectivity index (χ1v) is 11.0. The number of hydrogen-bond acceptors (Lipinski definition) is 8. The van der Waals surface area contributed by atoms with E-state index in [1.807, 2.05) is 36.6 Å². The number of aryl methyl sites for hydroxylation is 1. The summed E-state index contributed by atoms with van der Waals surface area (Å²) in [7, 11) is 0. The zero-order chi connectivity index (χ0) is 18.6. The second kappa shape index (κ2) is 8.20. The van der Waals surface area contributed by atoms with Crippen LogP contribution in [0.15, 0.2) is 44.6 Å². The molecule has 4 rings (SSSR count). The molecule has 0 saturated carbocycles. The molecular weight excluding hydrogens is 400 g/mol. The number of furan rings is 1. The molecule has 0 bridgehead atoms. The number of nitrogens with zero attached hydrogens (tertiary/aromatic N) is 3. The van der Waals surface area contributed by atoms with Crippen LogP contribution in [-0.4, -0.2) is 27.6 Å². The van der Waals surface area contributed by atoms with Gasteiger partial charge in [0.2, 0.25) is 0 Å². The van der Waals surface area contributed by atoms with Crippen molar-refractivity contribution in [3.63, 3.8) is 0 Å². The highest BCUT2D eigenvalue weighted by Crippen LogP contribution is 2.33. The fourth-order valence-electron chi connectivity index (χ4n) is 2.64. The predicted octanol–water partition coefficient (Wildman–Crippen LogP) is 4.31. The smallest absolute Gasteiger partial charge is 0.287 e. The first kappa shape index (κ1) is 18.1. The zero-order valence-electron chi connectivity index (χ0n) is 14.5. The van der Waals surface area contributed by atoms with Gasteiger partial charge < -0.3 is 9.73 Å². The van der Waals surface area contributed by atoms with Crippen LogP contribution in [0.25, 0.3) is 11.0 Å². The van der Waals surface area contributed by atoms with Crippen LogP contribution < -0.4 is 5.32 Å². The SMILES string of the molecule is Cc1nnc(SCc2c(C(=O)NCCc3nccs3)oc3ccccc23)s1. The maximum atomic E-state index is 12.7. The largest absolute Gasteiger partial charge is 0.451 e. The zero-order valence-corrected chi connectivity index (χ0v) is 16.9. The van der Waals surface area contributed by atoms with Crippen LogP contribution in [-0.2, 0) is 12.2 Å². The highest BCUT2D eigenvalue weighted by atomic mass is 32.2. The molecule has 0 fully saturated rings. The summed E-state index contributed by atoms with van der Waals surface area (Å²) in [5, 5.41) is 15.9. The second-order valence-electron chi connectivity index (χ2n) is 5.71. The monoisotopic (exact) mass is 416 g/mol. The molecule has 0 spiro atoms. The van der Waals surface area contributed by atoms with Gasteiger partial charge in [0.25, 0.3) is 5.91 Å². The average molecular weight is 417 g/mol. The quantitative estimate of drug-likeness (QED) is 0.452. The molecule has 27 heavy (non-hydrogen) atoms. The summed E-state index contributed by atoms with van der Waals surface area (Å²) < 4.78 is 6.75. The third-order valence-corrected chi connectivity index (χ3v) is 6.70. The van der Waals surface area contributed by atoms with Crippen molar-refractivity contribution in [2.75, 3.05) is 6.54 Å². The van der Waals surface area contributed by atoms with E-state index in [9.17, 15) is 4.79 Å². The van der Waals surface area contributed by atoms with E-state index in [1.165, 1.54) is 0 Å². The van der Waals surface area contributed by atoms with Crippen LogP contribution in [0, 0.1) is 6.92 Å². The lowest BCUT2D eigenvalue weighted by Crippen LogP contribution is -2.26. The van der Waals surface area contributed by atoms with Crippen LogP contribution in [0.3, 0.4) is 0 Å². The summed E-state index contributed by atoms with van der Waals surface area (Å²) in [6.07, 6.45) is 2.48. The van der Waals surface area contributed by atoms with Gasteiger partial charge >= 0.3 is 0 Å². The molecule has 0 aliphatic heterocycles. The lowest BCUT2D eigenvalue weighted by atomic mass is 10.1. The Morgan fingerprint density at radius 2 is 2.19 bits per heavy atom. The van der Waals surface area contributed by atoms with Crippen LogP contribution in [0.5, 0.6) is 0 Å². The standard InChI is InChI=1S/C18H16N4O2S3/c1-11-21-22-18(27-11)26-10-13-12-4-2-3-5-14(12)24-16(13)17(23)20-7-6-15-19-8-9-25-15/h2-5,8-9H,6-7,10H2,1H3,(H,20,23). The minimum Gasteiger partial charge on any atom is -0.451 e. The molecule has 0 radical (unpaired) electrons. The summed E-state index contributed by atoms with van der Waals surface area (Å²) in [5.41, 5.74) is 1.60. The summed E-state index contributed by atoms with van der Waals surface area (Å²) in [6.45, 7) is 2.45. The summed E-state index contributed by atoms with van der Waals surface area (Å²) in [6, 6.07) is 7.71. The molecular formula is C18H16N4O2S3. The van der Waals surface area contributed by atoms with Gasteiger partial charge in [0.05, 0.1) is 5.01 Å². The molecule has 9 heteroatoms. The third-order valence-electron chi connectivity index (χ3n) is 3.86. The number of aromatic nitrogens is 3. The van der Waals surface area contributed by atoms with Gasteiger partial charge in [-0.25, -0.2) is 4.98 Å². The Hall–Kier alpha value is -2.23. The Morgan fingerprint density at radius 1 is 1.30 bits per heavy atom. The van der Waals surface area contributed by atoms with Crippen molar-refractivity contribution in [1.29, 1.82) is 0 Å². The molecule has 0 saturated heterocycles. The number of benzene rings is 1. The molecule has 3 aromatic heterocycles. The van der Waals surface area contributed by atoms with Crippen LogP contribution in [0.2, 0.25) is 0 Å². The van der Waals surface area contributed by atoms with Gasteiger partial charge in [-0.15, -0.1) is 21.5 Å². The second-order valence-corrected chi connectivity index (χ2v) is 9.10. The maximum absolute atomic E-state index is 12.7. The molecule has 1 N–H and O–H groups in total. The number of carbonyl (C=O) groups excluding carboxylic acids is 1. The van der Waals surface area contributed by atoms with Crippen LogP contribution in [0.1, 0.15) is 26.1 Å². The number of para-hydroxylation sites is 1. The lowest BCUT2D eigenvalue weighted by Gasteiger charge is -2.04. The van der Waals surface area contributed by atoms with Crippen molar-refractivity contribution in [2.45, 2.75) is 23.4 Å². The Labute approximate surface area is 168 Å². The molecule has 4 aromatic rings. The van der Waals surface area contributed by atoms with E-state index in [2.05, 4.69) is 20.5 Å². The molecule has 1 aromatic carbocycles. The number of thiazole rings is 1. The molecule has 0 atom stereocenters. The van der Waals surface area contributed by atoms with Gasteiger partial charge in [0, 0.05) is 41.2 Å². The van der Waals surface area contributed by atoms with E-state index in [1.54, 1.807) is 40.6 Å². The van der Waals surface area contributed by atoms with Gasteiger partial charge in [-0.1, -0.05) is 41.3 Å². The van der Waals surface area contributed by atoms with Crippen LogP contribution >= 0.6 is 34.4 Å². The van der Waals surface area contributed by atoms with Crippen molar-refractivity contribution in [3.8, 4) is 0 Å². The maximum Gasteiger partial charge on any atom is 0.287 e. The predicted molar refractivity (Wildman–Crippen MR) is 109 cm³/mol. The van der Waals surface area contributed by atoms with E-state index in [0.29, 0.717) is 30.1 Å². The number of carbonyl (C=O) groups is 1. The number of amides is 1. The Balaban J connectivity index is 1.52. The Bertz CT molecular complexity index is 1060. The highest BCUT2D eigenvalue weighted by molar-refractivity contribution is 8.00. The van der Waals surface area contributed by atoms with E-state index >= 15 is 0 Å². The van der Waals surface area contributed by atoms with Crippen molar-refractivity contribution in [3.05, 3.63) is 57.2 Å². The van der Waals surface area contributed by atoms with Crippen LogP contribution in [0.4, 0.5) is 0 Å². The molecule has 1 amide bonds. The molecule has 138 valence electrons. The summed E-state index contributed by atoms with van der Waals surface area (Å²) in [5.74, 6) is 0.761. The Morgan fingerprint density at radius 3 is 2.96 bits per heavy atom. The summed E-state index contributed by atoms with van der Waals surface area (Å²) >= 11 is 4.69. The molecule has 6 nitrogen and oxygen atoms in total. The van der Waals surface area contributed by atoms with E-state index in [0.717, 1.165) is 25.3 Å². The number of rotatable bonds is 7. The van der Waals surface area contributed by atoms with Gasteiger partial charge in [-0.2, -0.15) is 0 Å².